The number of carbonyl (C=O) groups excluding carboxylic acids is 1. The average Bonchev–Trinajstić information content (AvgIpc) is 3.33. The van der Waals surface area contributed by atoms with Gasteiger partial charge in [-0.1, -0.05) is 47.7 Å². The first-order valence-corrected chi connectivity index (χ1v) is 16.5. The van der Waals surface area contributed by atoms with E-state index < -0.39 is 12.0 Å². The number of allylic oxidation sites excluding steroid dienone is 1. The summed E-state index contributed by atoms with van der Waals surface area (Å²) in [6.45, 7) is 7.62. The number of carbonyl (C=O) groups is 1. The van der Waals surface area contributed by atoms with Gasteiger partial charge < -0.3 is 18.9 Å². The van der Waals surface area contributed by atoms with E-state index in [-0.39, 0.29) is 30.5 Å². The zero-order valence-electron chi connectivity index (χ0n) is 26.0. The predicted octanol–water partition coefficient (Wildman–Crippen LogP) is 5.65. The number of methoxy groups -OCH3 is 1. The lowest BCUT2D eigenvalue weighted by Crippen LogP contribution is -2.40. The molecule has 1 aliphatic rings. The van der Waals surface area contributed by atoms with Crippen molar-refractivity contribution in [2.75, 3.05) is 13.7 Å². The van der Waals surface area contributed by atoms with Gasteiger partial charge in [-0.25, -0.2) is 9.79 Å². The standard InChI is InChI=1S/C35H32IN3O6S/c1-6-43-34(41)30-21(4)38-35-39(31(30)26-13-9-10-14-27(26)45-20(2)3)33(40)29(46-35)16-24-15-25(36)17-28(42-5)32(24)44-19-23-12-8-7-11-22(23)18-37/h7-17,20,31H,6,19H2,1-5H3/b29-16-/t31-/m1/s1. The van der Waals surface area contributed by atoms with E-state index in [1.54, 1.807) is 39.2 Å². The molecule has 2 heterocycles. The van der Waals surface area contributed by atoms with Crippen LogP contribution in [0.15, 0.2) is 81.7 Å². The van der Waals surface area contributed by atoms with E-state index in [0.717, 1.165) is 9.13 Å². The van der Waals surface area contributed by atoms with Gasteiger partial charge in [0.2, 0.25) is 0 Å². The Balaban J connectivity index is 1.70. The van der Waals surface area contributed by atoms with Crippen LogP contribution in [0.1, 0.15) is 56.0 Å². The highest BCUT2D eigenvalue weighted by atomic mass is 127. The fourth-order valence-corrected chi connectivity index (χ4v) is 6.86. The molecule has 1 atom stereocenters. The summed E-state index contributed by atoms with van der Waals surface area (Å²) in [7, 11) is 1.55. The lowest BCUT2D eigenvalue weighted by atomic mass is 9.95. The Morgan fingerprint density at radius 1 is 1.15 bits per heavy atom. The summed E-state index contributed by atoms with van der Waals surface area (Å²) in [6.07, 6.45) is 1.61. The number of aromatic nitrogens is 1. The number of rotatable bonds is 10. The highest BCUT2D eigenvalue weighted by Gasteiger charge is 2.35. The minimum absolute atomic E-state index is 0.123. The zero-order chi connectivity index (χ0) is 33.0. The van der Waals surface area contributed by atoms with Gasteiger partial charge in [-0.3, -0.25) is 9.36 Å². The Labute approximate surface area is 284 Å². The Hall–Kier alpha value is -4.41. The van der Waals surface area contributed by atoms with E-state index in [0.29, 0.717) is 49.0 Å². The first-order valence-electron chi connectivity index (χ1n) is 14.6. The second kappa shape index (κ2) is 14.3. The molecule has 0 saturated heterocycles. The van der Waals surface area contributed by atoms with Crippen LogP contribution in [0, 0.1) is 14.9 Å². The van der Waals surface area contributed by atoms with Crippen molar-refractivity contribution in [3.8, 4) is 23.3 Å². The minimum Gasteiger partial charge on any atom is -0.493 e. The van der Waals surface area contributed by atoms with Gasteiger partial charge in [0.15, 0.2) is 16.3 Å². The first kappa shape index (κ1) is 33.0. The summed E-state index contributed by atoms with van der Waals surface area (Å²) in [6, 6.07) is 19.7. The number of fused-ring (bicyclic) bond motifs is 1. The number of nitrogens with zero attached hydrogens (tertiary/aromatic N) is 3. The van der Waals surface area contributed by atoms with E-state index in [1.807, 2.05) is 62.4 Å². The number of halogens is 1. The number of benzene rings is 3. The minimum atomic E-state index is -0.823. The summed E-state index contributed by atoms with van der Waals surface area (Å²) in [5.74, 6) is 0.929. The molecule has 3 aromatic carbocycles. The smallest absolute Gasteiger partial charge is 0.338 e. The molecule has 0 bridgehead atoms. The molecule has 5 rings (SSSR count). The number of esters is 1. The summed E-state index contributed by atoms with van der Waals surface area (Å²) in [5.41, 5.74) is 2.91. The third-order valence-corrected chi connectivity index (χ3v) is 8.76. The lowest BCUT2D eigenvalue weighted by molar-refractivity contribution is -0.139. The van der Waals surface area contributed by atoms with Gasteiger partial charge in [-0.2, -0.15) is 5.26 Å². The third-order valence-electron chi connectivity index (χ3n) is 7.16. The normalized spacial score (nSPS) is 14.4. The molecular formula is C35H32IN3O6S. The van der Waals surface area contributed by atoms with Gasteiger partial charge in [0.25, 0.3) is 5.56 Å². The summed E-state index contributed by atoms with van der Waals surface area (Å²) in [4.78, 5) is 32.9. The Kier molecular flexibility index (Phi) is 10.3. The third kappa shape index (κ3) is 6.73. The van der Waals surface area contributed by atoms with Crippen molar-refractivity contribution in [1.29, 1.82) is 5.26 Å². The Morgan fingerprint density at radius 2 is 1.89 bits per heavy atom. The SMILES string of the molecule is CCOC(=O)C1=C(C)N=c2s/c(=C\c3cc(I)cc(OC)c3OCc3ccccc3C#N)c(=O)n2[C@@H]1c1ccccc1OC(C)C. The van der Waals surface area contributed by atoms with Gasteiger partial charge in [0.1, 0.15) is 18.4 Å². The number of thiazole rings is 1. The maximum absolute atomic E-state index is 14.3. The molecule has 1 aliphatic heterocycles. The van der Waals surface area contributed by atoms with Crippen LogP contribution in [0.3, 0.4) is 0 Å². The molecule has 1 aromatic heterocycles. The van der Waals surface area contributed by atoms with Gasteiger partial charge in [0, 0.05) is 20.3 Å². The molecule has 0 spiro atoms. The average molecular weight is 750 g/mol. The zero-order valence-corrected chi connectivity index (χ0v) is 29.0. The van der Waals surface area contributed by atoms with Crippen molar-refractivity contribution in [2.45, 2.75) is 46.4 Å². The summed E-state index contributed by atoms with van der Waals surface area (Å²) >= 11 is 3.40. The molecule has 9 nitrogen and oxygen atoms in total. The number of hydrogen-bond acceptors (Lipinski definition) is 9. The number of nitriles is 1. The van der Waals surface area contributed by atoms with Crippen LogP contribution in [0.4, 0.5) is 0 Å². The largest absolute Gasteiger partial charge is 0.493 e. The summed E-state index contributed by atoms with van der Waals surface area (Å²) in [5, 5.41) is 9.56. The molecule has 11 heteroatoms. The van der Waals surface area contributed by atoms with E-state index >= 15 is 0 Å². The maximum Gasteiger partial charge on any atom is 0.338 e. The fraction of sp³-hybridized carbons (Fsp3) is 0.257. The highest BCUT2D eigenvalue weighted by Crippen LogP contribution is 2.37. The molecule has 0 radical (unpaired) electrons. The van der Waals surface area contributed by atoms with Gasteiger partial charge in [-0.15, -0.1) is 0 Å². The quantitative estimate of drug-likeness (QED) is 0.152. The van der Waals surface area contributed by atoms with Crippen molar-refractivity contribution < 1.29 is 23.7 Å². The molecule has 0 unspecified atom stereocenters. The molecule has 0 amide bonds. The van der Waals surface area contributed by atoms with Gasteiger partial charge in [-0.05, 0) is 80.6 Å². The predicted molar refractivity (Wildman–Crippen MR) is 184 cm³/mol. The summed E-state index contributed by atoms with van der Waals surface area (Å²) < 4.78 is 26.3. The Bertz CT molecular complexity index is 2060. The molecule has 4 aromatic rings. The molecule has 0 fully saturated rings. The van der Waals surface area contributed by atoms with Crippen molar-refractivity contribution in [2.24, 2.45) is 4.99 Å². The van der Waals surface area contributed by atoms with E-state index in [9.17, 15) is 14.9 Å². The van der Waals surface area contributed by atoms with Gasteiger partial charge >= 0.3 is 5.97 Å². The van der Waals surface area contributed by atoms with Crippen LogP contribution in [-0.2, 0) is 16.1 Å². The van der Waals surface area contributed by atoms with E-state index in [4.69, 9.17) is 23.9 Å². The van der Waals surface area contributed by atoms with Crippen LogP contribution >= 0.6 is 33.9 Å². The molecule has 0 aliphatic carbocycles. The lowest BCUT2D eigenvalue weighted by Gasteiger charge is -2.26. The Morgan fingerprint density at radius 3 is 2.61 bits per heavy atom. The second-order valence-corrected chi connectivity index (χ2v) is 12.8. The van der Waals surface area contributed by atoms with E-state index in [2.05, 4.69) is 28.7 Å². The fourth-order valence-electron chi connectivity index (χ4n) is 5.20. The maximum atomic E-state index is 14.3. The van der Waals surface area contributed by atoms with Crippen LogP contribution in [0.2, 0.25) is 0 Å². The number of hydrogen-bond donors (Lipinski definition) is 0. The molecule has 0 saturated carbocycles. The van der Waals surface area contributed by atoms with E-state index in [1.165, 1.54) is 15.9 Å². The van der Waals surface area contributed by atoms with Crippen molar-refractivity contribution in [3.05, 3.63) is 117 Å². The van der Waals surface area contributed by atoms with Crippen molar-refractivity contribution >= 4 is 46.0 Å². The molecule has 236 valence electrons. The van der Waals surface area contributed by atoms with Crippen molar-refractivity contribution in [3.63, 3.8) is 0 Å². The monoisotopic (exact) mass is 749 g/mol. The second-order valence-electron chi connectivity index (χ2n) is 10.6. The van der Waals surface area contributed by atoms with Crippen molar-refractivity contribution in [1.82, 2.24) is 4.57 Å². The molecule has 46 heavy (non-hydrogen) atoms. The van der Waals surface area contributed by atoms with Crippen LogP contribution < -0.4 is 29.1 Å². The molecule has 0 N–H and O–H groups in total. The van der Waals surface area contributed by atoms with Crippen LogP contribution in [0.25, 0.3) is 6.08 Å². The number of para-hydroxylation sites is 1. The van der Waals surface area contributed by atoms with Crippen LogP contribution in [-0.4, -0.2) is 30.4 Å². The van der Waals surface area contributed by atoms with Gasteiger partial charge in [0.05, 0.1) is 47.3 Å². The molecular weight excluding hydrogens is 717 g/mol. The van der Waals surface area contributed by atoms with Crippen LogP contribution in [0.5, 0.6) is 17.2 Å². The topological polar surface area (TPSA) is 112 Å². The first-order chi connectivity index (χ1) is 22.2. The number of ether oxygens (including phenoxy) is 4. The highest BCUT2D eigenvalue weighted by molar-refractivity contribution is 14.1.